The van der Waals surface area contributed by atoms with Gasteiger partial charge in [-0.1, -0.05) is 30.0 Å². The fraction of sp³-hybridized carbons (Fsp3) is 0.160. The van der Waals surface area contributed by atoms with E-state index in [2.05, 4.69) is 14.9 Å². The molecule has 0 spiro atoms. The van der Waals surface area contributed by atoms with E-state index in [0.717, 1.165) is 28.2 Å². The van der Waals surface area contributed by atoms with E-state index in [4.69, 9.17) is 15.9 Å². The van der Waals surface area contributed by atoms with Crippen LogP contribution in [0.4, 0.5) is 0 Å². The molecular weight excluding hydrogens is 450 g/mol. The van der Waals surface area contributed by atoms with Gasteiger partial charge in [-0.15, -0.1) is 0 Å². The molecule has 1 aliphatic heterocycles. The van der Waals surface area contributed by atoms with Crippen LogP contribution in [0.25, 0.3) is 33.0 Å². The number of nitrogens with zero attached hydrogens (tertiary/aromatic N) is 1. The van der Waals surface area contributed by atoms with Gasteiger partial charge in [-0.25, -0.2) is 0 Å². The van der Waals surface area contributed by atoms with Crippen molar-refractivity contribution in [1.82, 2.24) is 14.9 Å². The molecule has 0 fully saturated rings. The average Bonchev–Trinajstić information content (AvgIpc) is 3.49. The Morgan fingerprint density at radius 2 is 1.85 bits per heavy atom. The smallest absolute Gasteiger partial charge is 0.259 e. The number of methoxy groups -OCH3 is 1. The normalized spacial score (nSPS) is 13.8. The number of amides is 2. The highest BCUT2D eigenvalue weighted by Gasteiger charge is 2.35. The molecule has 0 saturated carbocycles. The van der Waals surface area contributed by atoms with Gasteiger partial charge < -0.3 is 20.0 Å². The Bertz CT molecular complexity index is 1500. The highest BCUT2D eigenvalue weighted by atomic mass is 32.2. The largest absolute Gasteiger partial charge is 0.497 e. The lowest BCUT2D eigenvalue weighted by Gasteiger charge is -2.06. The van der Waals surface area contributed by atoms with Crippen LogP contribution in [0.5, 0.6) is 5.75 Å². The predicted octanol–water partition coefficient (Wildman–Crippen LogP) is 3.72. The van der Waals surface area contributed by atoms with Gasteiger partial charge in [-0.2, -0.15) is 0 Å². The van der Waals surface area contributed by atoms with Crippen molar-refractivity contribution in [1.29, 1.82) is 5.41 Å². The van der Waals surface area contributed by atoms with Crippen molar-refractivity contribution < 1.29 is 14.3 Å². The highest BCUT2D eigenvalue weighted by molar-refractivity contribution is 8.13. The topological polar surface area (TPSA) is 126 Å². The number of rotatable bonds is 7. The van der Waals surface area contributed by atoms with Gasteiger partial charge in [-0.3, -0.25) is 20.3 Å². The van der Waals surface area contributed by atoms with Gasteiger partial charge in [0.05, 0.1) is 23.8 Å². The number of aryl methyl sites for hydroxylation is 1. The third kappa shape index (κ3) is 3.73. The van der Waals surface area contributed by atoms with Gasteiger partial charge in [0.1, 0.15) is 5.75 Å². The first-order valence-electron chi connectivity index (χ1n) is 10.8. The number of H-pyrrole nitrogens is 1. The number of benzene rings is 2. The van der Waals surface area contributed by atoms with Crippen molar-refractivity contribution in [2.24, 2.45) is 5.73 Å². The van der Waals surface area contributed by atoms with Crippen LogP contribution in [-0.4, -0.2) is 39.4 Å². The summed E-state index contributed by atoms with van der Waals surface area (Å²) in [5.74, 6) is 0.593. The summed E-state index contributed by atoms with van der Waals surface area (Å²) >= 11 is 1.30. The molecule has 0 radical (unpaired) electrons. The summed E-state index contributed by atoms with van der Waals surface area (Å²) in [5.41, 5.74) is 9.37. The Balaban J connectivity index is 1.67. The van der Waals surface area contributed by atoms with E-state index in [9.17, 15) is 9.59 Å². The first-order valence-corrected chi connectivity index (χ1v) is 11.8. The number of hydrogen-bond acceptors (Lipinski definition) is 5. The van der Waals surface area contributed by atoms with Crippen LogP contribution in [-0.2, 0) is 16.1 Å². The number of aromatic amines is 1. The number of fused-ring (bicyclic) bond motifs is 2. The lowest BCUT2D eigenvalue weighted by Crippen LogP contribution is -2.22. The first-order chi connectivity index (χ1) is 16.5. The van der Waals surface area contributed by atoms with E-state index in [0.29, 0.717) is 40.3 Å². The quantitative estimate of drug-likeness (QED) is 0.141. The number of amidine groups is 1. The van der Waals surface area contributed by atoms with Crippen molar-refractivity contribution in [3.8, 4) is 5.75 Å². The third-order valence-corrected chi connectivity index (χ3v) is 6.75. The zero-order valence-corrected chi connectivity index (χ0v) is 19.3. The number of carbonyl (C=O) groups excluding carboxylic acids is 2. The Morgan fingerprint density at radius 1 is 1.09 bits per heavy atom. The minimum atomic E-state index is -0.410. The molecule has 1 aliphatic rings. The Kier molecular flexibility index (Phi) is 5.62. The Labute approximate surface area is 199 Å². The average molecular weight is 474 g/mol. The lowest BCUT2D eigenvalue weighted by atomic mass is 9.95. The van der Waals surface area contributed by atoms with E-state index in [1.807, 2.05) is 48.7 Å². The molecule has 3 heterocycles. The molecular formula is C25H23N5O3S. The molecule has 0 unspecified atom stereocenters. The number of para-hydroxylation sites is 1. The summed E-state index contributed by atoms with van der Waals surface area (Å²) in [7, 11) is 1.61. The van der Waals surface area contributed by atoms with Gasteiger partial charge in [0.2, 0.25) is 0 Å². The number of ether oxygens (including phenoxy) is 1. The van der Waals surface area contributed by atoms with Crippen LogP contribution in [0.15, 0.2) is 54.9 Å². The number of aromatic nitrogens is 2. The summed E-state index contributed by atoms with van der Waals surface area (Å²) in [6, 6.07) is 13.4. The zero-order valence-electron chi connectivity index (χ0n) is 18.5. The molecule has 0 aliphatic carbocycles. The van der Waals surface area contributed by atoms with Crippen LogP contribution in [0.3, 0.4) is 0 Å². The minimum Gasteiger partial charge on any atom is -0.497 e. The van der Waals surface area contributed by atoms with Crippen LogP contribution >= 0.6 is 11.8 Å². The third-order valence-electron chi connectivity index (χ3n) is 5.95. The van der Waals surface area contributed by atoms with Crippen molar-refractivity contribution in [2.75, 3.05) is 12.9 Å². The second-order valence-electron chi connectivity index (χ2n) is 7.97. The molecule has 2 aromatic heterocycles. The van der Waals surface area contributed by atoms with Gasteiger partial charge in [-0.05, 0) is 24.6 Å². The maximum absolute atomic E-state index is 13.1. The van der Waals surface area contributed by atoms with Crippen LogP contribution in [0, 0.1) is 5.41 Å². The van der Waals surface area contributed by atoms with Crippen molar-refractivity contribution in [3.05, 3.63) is 66.0 Å². The van der Waals surface area contributed by atoms with Crippen molar-refractivity contribution in [3.63, 3.8) is 0 Å². The maximum atomic E-state index is 13.1. The monoisotopic (exact) mass is 473 g/mol. The summed E-state index contributed by atoms with van der Waals surface area (Å²) in [4.78, 5) is 29.2. The molecule has 172 valence electrons. The van der Waals surface area contributed by atoms with Crippen molar-refractivity contribution >= 4 is 61.7 Å². The standard InChI is InChI=1S/C25H23N5O3S/c1-33-14-7-8-16-18(13-30(20(16)11-14)9-4-10-34-25(26)27)22-21(23(31)29-24(22)32)17-12-28-19-6-3-2-5-15(17)19/h2-3,5-8,11-13,28H,4,9-10H2,1H3,(H3,26,27)(H,29,31,32). The van der Waals surface area contributed by atoms with E-state index >= 15 is 0 Å². The molecule has 0 atom stereocenters. The van der Waals surface area contributed by atoms with Gasteiger partial charge in [0.25, 0.3) is 11.8 Å². The van der Waals surface area contributed by atoms with Crippen LogP contribution in [0.2, 0.25) is 0 Å². The molecule has 5 N–H and O–H groups in total. The lowest BCUT2D eigenvalue weighted by molar-refractivity contribution is -0.122. The molecule has 0 bridgehead atoms. The fourth-order valence-corrected chi connectivity index (χ4v) is 4.94. The first kappa shape index (κ1) is 21.8. The minimum absolute atomic E-state index is 0.0920. The molecule has 5 rings (SSSR count). The van der Waals surface area contributed by atoms with Gasteiger partial charge >= 0.3 is 0 Å². The molecule has 2 aromatic carbocycles. The van der Waals surface area contributed by atoms with Gasteiger partial charge in [0, 0.05) is 58.2 Å². The number of thioether (sulfide) groups is 1. The second kappa shape index (κ2) is 8.75. The van der Waals surface area contributed by atoms with E-state index in [1.54, 1.807) is 13.3 Å². The summed E-state index contributed by atoms with van der Waals surface area (Å²) in [6.45, 7) is 0.662. The Hall–Kier alpha value is -3.98. The SMILES string of the molecule is COc1ccc2c(C3=C(c4c[nH]c5ccccc45)C(=O)NC3=O)cn(CCCSC(=N)N)c2c1. The maximum Gasteiger partial charge on any atom is 0.259 e. The number of imide groups is 1. The fourth-order valence-electron chi connectivity index (χ4n) is 4.45. The number of carbonyl (C=O) groups is 2. The molecule has 34 heavy (non-hydrogen) atoms. The van der Waals surface area contributed by atoms with Gasteiger partial charge in [0.15, 0.2) is 5.17 Å². The second-order valence-corrected chi connectivity index (χ2v) is 9.10. The van der Waals surface area contributed by atoms with E-state index in [-0.39, 0.29) is 5.17 Å². The summed E-state index contributed by atoms with van der Waals surface area (Å²) in [5, 5.41) is 11.7. The van der Waals surface area contributed by atoms with E-state index in [1.165, 1.54) is 11.8 Å². The predicted molar refractivity (Wildman–Crippen MR) is 136 cm³/mol. The highest BCUT2D eigenvalue weighted by Crippen LogP contribution is 2.39. The summed E-state index contributed by atoms with van der Waals surface area (Å²) < 4.78 is 7.48. The molecule has 4 aromatic rings. The number of hydrogen-bond donors (Lipinski definition) is 4. The van der Waals surface area contributed by atoms with Crippen molar-refractivity contribution in [2.45, 2.75) is 13.0 Å². The van der Waals surface area contributed by atoms with Crippen LogP contribution in [0.1, 0.15) is 17.5 Å². The molecule has 2 amide bonds. The molecule has 0 saturated heterocycles. The van der Waals surface area contributed by atoms with Crippen LogP contribution < -0.4 is 15.8 Å². The zero-order chi connectivity index (χ0) is 23.8. The van der Waals surface area contributed by atoms with E-state index < -0.39 is 11.8 Å². The molecule has 9 heteroatoms. The molecule has 8 nitrogen and oxygen atoms in total. The number of nitrogens with two attached hydrogens (primary N) is 1. The number of nitrogens with one attached hydrogen (secondary N) is 3. The summed E-state index contributed by atoms with van der Waals surface area (Å²) in [6.07, 6.45) is 4.48. The Morgan fingerprint density at radius 3 is 2.62 bits per heavy atom.